The number of carbonyl (C=O) groups excluding carboxylic acids is 2. The highest BCUT2D eigenvalue weighted by atomic mass is 32.1. The summed E-state index contributed by atoms with van der Waals surface area (Å²) >= 11 is 1.49. The van der Waals surface area contributed by atoms with Crippen LogP contribution in [0.5, 0.6) is 5.75 Å². The first-order valence-electron chi connectivity index (χ1n) is 11.3. The Kier molecular flexibility index (Phi) is 8.24. The number of rotatable bonds is 9. The quantitative estimate of drug-likeness (QED) is 0.486. The van der Waals surface area contributed by atoms with Crippen molar-refractivity contribution in [3.63, 3.8) is 0 Å². The van der Waals surface area contributed by atoms with Gasteiger partial charge < -0.3 is 20.1 Å². The molecule has 2 amide bonds. The van der Waals surface area contributed by atoms with E-state index in [2.05, 4.69) is 20.5 Å². The Bertz CT molecular complexity index is 1110. The van der Waals surface area contributed by atoms with Crippen LogP contribution < -0.4 is 15.4 Å². The van der Waals surface area contributed by atoms with Crippen molar-refractivity contribution in [3.8, 4) is 16.3 Å². The van der Waals surface area contributed by atoms with E-state index < -0.39 is 0 Å². The van der Waals surface area contributed by atoms with E-state index in [9.17, 15) is 9.59 Å². The zero-order valence-corrected chi connectivity index (χ0v) is 19.9. The van der Waals surface area contributed by atoms with Gasteiger partial charge in [-0.1, -0.05) is 12.1 Å². The minimum Gasteiger partial charge on any atom is -0.493 e. The lowest BCUT2D eigenvalue weighted by Crippen LogP contribution is -2.41. The molecule has 1 aromatic heterocycles. The van der Waals surface area contributed by atoms with Crippen LogP contribution in [-0.4, -0.2) is 61.2 Å². The maximum Gasteiger partial charge on any atom is 0.238 e. The van der Waals surface area contributed by atoms with Crippen LogP contribution in [0.3, 0.4) is 0 Å². The van der Waals surface area contributed by atoms with Crippen LogP contribution in [0.1, 0.15) is 12.6 Å². The van der Waals surface area contributed by atoms with Crippen molar-refractivity contribution in [1.29, 1.82) is 0 Å². The summed E-state index contributed by atoms with van der Waals surface area (Å²) in [6.45, 7) is 5.70. The standard InChI is InChI=1S/C25H28N4O4S/c1-2-33-22-6-4-3-5-21(22)25-28-20(17-34-25)15-23(30)26-18-7-9-19(10-8-18)27-24(31)16-29-11-13-32-14-12-29/h3-10,17H,2,11-16H2,1H3,(H,26,30)(H,27,31). The summed E-state index contributed by atoms with van der Waals surface area (Å²) in [7, 11) is 0. The van der Waals surface area contributed by atoms with Crippen LogP contribution in [0.2, 0.25) is 0 Å². The number of benzene rings is 2. The third-order valence-corrected chi connectivity index (χ3v) is 6.16. The third-order valence-electron chi connectivity index (χ3n) is 5.23. The van der Waals surface area contributed by atoms with Gasteiger partial charge in [-0.15, -0.1) is 11.3 Å². The molecule has 3 aromatic rings. The fourth-order valence-corrected chi connectivity index (χ4v) is 4.46. The van der Waals surface area contributed by atoms with E-state index in [1.54, 1.807) is 24.3 Å². The van der Waals surface area contributed by atoms with Gasteiger partial charge in [-0.05, 0) is 43.3 Å². The van der Waals surface area contributed by atoms with Crippen LogP contribution >= 0.6 is 11.3 Å². The number of hydrogen-bond acceptors (Lipinski definition) is 7. The van der Waals surface area contributed by atoms with E-state index >= 15 is 0 Å². The molecule has 4 rings (SSSR count). The molecule has 1 aliphatic heterocycles. The average molecular weight is 481 g/mol. The van der Waals surface area contributed by atoms with Gasteiger partial charge in [0.25, 0.3) is 0 Å². The first kappa shape index (κ1) is 23.9. The third kappa shape index (κ3) is 6.63. The van der Waals surface area contributed by atoms with Crippen molar-refractivity contribution >= 4 is 34.5 Å². The van der Waals surface area contributed by atoms with Crippen molar-refractivity contribution in [2.45, 2.75) is 13.3 Å². The second-order valence-electron chi connectivity index (χ2n) is 7.81. The number of anilines is 2. The lowest BCUT2D eigenvalue weighted by molar-refractivity contribution is -0.118. The minimum atomic E-state index is -0.154. The Balaban J connectivity index is 1.28. The number of para-hydroxylation sites is 1. The number of hydrogen-bond donors (Lipinski definition) is 2. The van der Waals surface area contributed by atoms with Crippen molar-refractivity contribution < 1.29 is 19.1 Å². The number of nitrogens with zero attached hydrogens (tertiary/aromatic N) is 2. The summed E-state index contributed by atoms with van der Waals surface area (Å²) in [4.78, 5) is 31.4. The summed E-state index contributed by atoms with van der Waals surface area (Å²) in [5.74, 6) is 0.565. The van der Waals surface area contributed by atoms with E-state index in [1.165, 1.54) is 11.3 Å². The summed E-state index contributed by atoms with van der Waals surface area (Å²) in [5, 5.41) is 8.49. The molecule has 1 aliphatic rings. The summed E-state index contributed by atoms with van der Waals surface area (Å²) in [5.41, 5.74) is 2.98. The van der Waals surface area contributed by atoms with E-state index in [-0.39, 0.29) is 18.2 Å². The van der Waals surface area contributed by atoms with Crippen LogP contribution in [0.15, 0.2) is 53.9 Å². The highest BCUT2D eigenvalue weighted by Crippen LogP contribution is 2.32. The molecule has 9 heteroatoms. The fraction of sp³-hybridized carbons (Fsp3) is 0.320. The Morgan fingerprint density at radius 1 is 1.03 bits per heavy atom. The summed E-state index contributed by atoms with van der Waals surface area (Å²) < 4.78 is 11.0. The predicted octanol–water partition coefficient (Wildman–Crippen LogP) is 3.66. The van der Waals surface area contributed by atoms with E-state index in [0.717, 1.165) is 29.4 Å². The van der Waals surface area contributed by atoms with Crippen molar-refractivity contribution in [2.24, 2.45) is 0 Å². The van der Waals surface area contributed by atoms with E-state index in [1.807, 2.05) is 36.6 Å². The lowest BCUT2D eigenvalue weighted by atomic mass is 10.2. The van der Waals surface area contributed by atoms with Crippen LogP contribution in [0, 0.1) is 0 Å². The number of carbonyl (C=O) groups is 2. The second kappa shape index (κ2) is 11.7. The molecule has 0 saturated carbocycles. The van der Waals surface area contributed by atoms with E-state index in [0.29, 0.717) is 43.4 Å². The van der Waals surface area contributed by atoms with Crippen molar-refractivity contribution in [3.05, 3.63) is 59.6 Å². The van der Waals surface area contributed by atoms with Crippen LogP contribution in [0.4, 0.5) is 11.4 Å². The minimum absolute atomic E-state index is 0.0658. The van der Waals surface area contributed by atoms with Gasteiger partial charge in [-0.3, -0.25) is 14.5 Å². The van der Waals surface area contributed by atoms with Gasteiger partial charge in [0.15, 0.2) is 0 Å². The number of thiazole rings is 1. The normalized spacial score (nSPS) is 13.9. The molecule has 0 aliphatic carbocycles. The Labute approximate surface area is 202 Å². The zero-order valence-electron chi connectivity index (χ0n) is 19.1. The molecule has 0 spiro atoms. The summed E-state index contributed by atoms with van der Waals surface area (Å²) in [6.07, 6.45) is 0.172. The monoisotopic (exact) mass is 480 g/mol. The second-order valence-corrected chi connectivity index (χ2v) is 8.67. The molecule has 2 N–H and O–H groups in total. The molecule has 1 fully saturated rings. The average Bonchev–Trinajstić information content (AvgIpc) is 3.29. The Hall–Kier alpha value is -3.27. The molecule has 2 aromatic carbocycles. The van der Waals surface area contributed by atoms with Gasteiger partial charge in [0.1, 0.15) is 10.8 Å². The Morgan fingerprint density at radius 3 is 2.41 bits per heavy atom. The molecular formula is C25H28N4O4S. The highest BCUT2D eigenvalue weighted by Gasteiger charge is 2.15. The molecule has 0 unspecified atom stereocenters. The maximum atomic E-state index is 12.5. The topological polar surface area (TPSA) is 92.8 Å². The van der Waals surface area contributed by atoms with Gasteiger partial charge in [0.2, 0.25) is 11.8 Å². The molecule has 0 radical (unpaired) electrons. The fourth-order valence-electron chi connectivity index (χ4n) is 3.61. The highest BCUT2D eigenvalue weighted by molar-refractivity contribution is 7.13. The lowest BCUT2D eigenvalue weighted by Gasteiger charge is -2.25. The van der Waals surface area contributed by atoms with Gasteiger partial charge in [0.05, 0.1) is 44.0 Å². The molecule has 1 saturated heterocycles. The first-order valence-corrected chi connectivity index (χ1v) is 12.1. The molecule has 2 heterocycles. The molecule has 34 heavy (non-hydrogen) atoms. The van der Waals surface area contributed by atoms with Gasteiger partial charge in [0, 0.05) is 29.8 Å². The maximum absolute atomic E-state index is 12.5. The number of aromatic nitrogens is 1. The largest absolute Gasteiger partial charge is 0.493 e. The SMILES string of the molecule is CCOc1ccccc1-c1nc(CC(=O)Nc2ccc(NC(=O)CN3CCOCC3)cc2)cs1. The Morgan fingerprint density at radius 2 is 1.71 bits per heavy atom. The number of amides is 2. The molecule has 0 atom stereocenters. The van der Waals surface area contributed by atoms with Gasteiger partial charge >= 0.3 is 0 Å². The van der Waals surface area contributed by atoms with Crippen molar-refractivity contribution in [1.82, 2.24) is 9.88 Å². The number of nitrogens with one attached hydrogen (secondary N) is 2. The number of ether oxygens (including phenoxy) is 2. The molecule has 8 nitrogen and oxygen atoms in total. The van der Waals surface area contributed by atoms with Crippen molar-refractivity contribution in [2.75, 3.05) is 50.1 Å². The van der Waals surface area contributed by atoms with Gasteiger partial charge in [-0.25, -0.2) is 4.98 Å². The molecular weight excluding hydrogens is 452 g/mol. The smallest absolute Gasteiger partial charge is 0.238 e. The number of morpholine rings is 1. The summed E-state index contributed by atoms with van der Waals surface area (Å²) in [6, 6.07) is 14.9. The molecule has 178 valence electrons. The predicted molar refractivity (Wildman–Crippen MR) is 133 cm³/mol. The van der Waals surface area contributed by atoms with E-state index in [4.69, 9.17) is 9.47 Å². The van der Waals surface area contributed by atoms with Gasteiger partial charge in [-0.2, -0.15) is 0 Å². The van der Waals surface area contributed by atoms with Crippen LogP contribution in [-0.2, 0) is 20.7 Å². The zero-order chi connectivity index (χ0) is 23.8. The first-order chi connectivity index (χ1) is 16.6. The molecule has 0 bridgehead atoms. The van der Waals surface area contributed by atoms with Crippen LogP contribution in [0.25, 0.3) is 10.6 Å².